The van der Waals surface area contributed by atoms with Crippen molar-refractivity contribution < 1.29 is 0 Å². The standard InChI is InChI=1S/C40H23BN2S/c1-2-10-25-19-29(18-17-24(25)9-1)42-35-22-27-12-4-3-11-26(27)21-33(35)41-38-36(42)23-44-40(38)32-20-28-13-5-6-14-30(28)37-31-15-7-8-16-34(31)43(41)39(32)37/h1-23H. The number of hydrogen-bond donors (Lipinski definition) is 0. The minimum absolute atomic E-state index is 0.0821. The fourth-order valence-corrected chi connectivity index (χ4v) is 9.21. The Balaban J connectivity index is 1.32. The van der Waals surface area contributed by atoms with Gasteiger partial charge in [0.25, 0.3) is 0 Å². The molecule has 0 spiro atoms. The zero-order valence-electron chi connectivity index (χ0n) is 23.7. The Bertz CT molecular complexity index is 2700. The zero-order chi connectivity index (χ0) is 28.5. The summed E-state index contributed by atoms with van der Waals surface area (Å²) in [5.41, 5.74) is 10.5. The van der Waals surface area contributed by atoms with Crippen molar-refractivity contribution in [1.82, 2.24) is 4.48 Å². The minimum atomic E-state index is 0.0821. The molecular weight excluding hydrogens is 551 g/mol. The van der Waals surface area contributed by atoms with Crippen molar-refractivity contribution >= 4 is 100 Å². The van der Waals surface area contributed by atoms with E-state index in [9.17, 15) is 0 Å². The number of rotatable bonds is 1. The lowest BCUT2D eigenvalue weighted by Crippen LogP contribution is -2.55. The van der Waals surface area contributed by atoms with Crippen molar-refractivity contribution in [1.29, 1.82) is 0 Å². The van der Waals surface area contributed by atoms with Gasteiger partial charge in [-0.15, -0.1) is 11.3 Å². The first-order valence-corrected chi connectivity index (χ1v) is 16.1. The molecule has 2 aliphatic heterocycles. The summed E-state index contributed by atoms with van der Waals surface area (Å²) in [6.45, 7) is 0.0821. The molecule has 0 atom stereocenters. The monoisotopic (exact) mass is 574 g/mol. The Morgan fingerprint density at radius 1 is 0.545 bits per heavy atom. The van der Waals surface area contributed by atoms with Gasteiger partial charge >= 0.3 is 6.85 Å². The molecule has 202 valence electrons. The van der Waals surface area contributed by atoms with Gasteiger partial charge in [-0.25, -0.2) is 0 Å². The van der Waals surface area contributed by atoms with E-state index in [1.165, 1.54) is 92.6 Å². The van der Waals surface area contributed by atoms with Gasteiger partial charge in [0.15, 0.2) is 0 Å². The van der Waals surface area contributed by atoms with Crippen molar-refractivity contribution in [3.8, 4) is 10.4 Å². The molecule has 0 saturated carbocycles. The van der Waals surface area contributed by atoms with Crippen LogP contribution in [-0.4, -0.2) is 11.3 Å². The van der Waals surface area contributed by atoms with Crippen LogP contribution >= 0.6 is 11.3 Å². The van der Waals surface area contributed by atoms with Gasteiger partial charge in [-0.05, 0) is 73.6 Å². The van der Waals surface area contributed by atoms with E-state index in [2.05, 4.69) is 148 Å². The van der Waals surface area contributed by atoms with Crippen LogP contribution in [0.3, 0.4) is 0 Å². The highest BCUT2D eigenvalue weighted by molar-refractivity contribution is 7.17. The van der Waals surface area contributed by atoms with E-state index in [-0.39, 0.29) is 6.85 Å². The Hall–Kier alpha value is -5.32. The lowest BCUT2D eigenvalue weighted by molar-refractivity contribution is 1.28. The van der Waals surface area contributed by atoms with Crippen LogP contribution in [0.4, 0.5) is 17.1 Å². The van der Waals surface area contributed by atoms with E-state index >= 15 is 0 Å². The first kappa shape index (κ1) is 23.2. The normalized spacial score (nSPS) is 13.4. The van der Waals surface area contributed by atoms with Crippen molar-refractivity contribution in [2.75, 3.05) is 4.90 Å². The quantitative estimate of drug-likeness (QED) is 0.177. The van der Waals surface area contributed by atoms with Gasteiger partial charge in [0.2, 0.25) is 0 Å². The fourth-order valence-electron chi connectivity index (χ4n) is 8.13. The highest BCUT2D eigenvalue weighted by Crippen LogP contribution is 2.49. The first-order chi connectivity index (χ1) is 21.8. The van der Waals surface area contributed by atoms with Gasteiger partial charge < -0.3 is 9.38 Å². The van der Waals surface area contributed by atoms with Crippen molar-refractivity contribution in [2.24, 2.45) is 0 Å². The van der Waals surface area contributed by atoms with E-state index in [0.29, 0.717) is 0 Å². The highest BCUT2D eigenvalue weighted by atomic mass is 32.1. The summed E-state index contributed by atoms with van der Waals surface area (Å²) >= 11 is 1.90. The molecule has 0 fully saturated rings. The summed E-state index contributed by atoms with van der Waals surface area (Å²) in [4.78, 5) is 3.91. The van der Waals surface area contributed by atoms with E-state index < -0.39 is 0 Å². The van der Waals surface area contributed by atoms with Gasteiger partial charge in [0, 0.05) is 49.0 Å². The molecule has 2 aromatic heterocycles. The molecule has 0 unspecified atom stereocenters. The smallest absolute Gasteiger partial charge is 0.333 e. The van der Waals surface area contributed by atoms with E-state index in [1.54, 1.807) is 0 Å². The molecular formula is C40H23BN2S. The fraction of sp³-hybridized carbons (Fsp3) is 0. The molecule has 7 aromatic carbocycles. The molecule has 0 aliphatic carbocycles. The maximum absolute atomic E-state index is 2.66. The molecule has 0 bridgehead atoms. The number of anilines is 3. The van der Waals surface area contributed by atoms with Crippen LogP contribution in [0, 0.1) is 0 Å². The Morgan fingerprint density at radius 3 is 2.07 bits per heavy atom. The lowest BCUT2D eigenvalue weighted by Gasteiger charge is -2.38. The molecule has 0 N–H and O–H groups in total. The van der Waals surface area contributed by atoms with Gasteiger partial charge in [-0.3, -0.25) is 0 Å². The van der Waals surface area contributed by atoms with Crippen molar-refractivity contribution in [2.45, 2.75) is 0 Å². The molecule has 0 radical (unpaired) electrons. The number of thiophene rings is 1. The second-order valence-corrected chi connectivity index (χ2v) is 13.0. The molecule has 2 aliphatic rings. The average molecular weight is 575 g/mol. The topological polar surface area (TPSA) is 8.17 Å². The largest absolute Gasteiger partial charge is 0.375 e. The summed E-state index contributed by atoms with van der Waals surface area (Å²) in [6, 6.07) is 49.6. The summed E-state index contributed by atoms with van der Waals surface area (Å²) in [6.07, 6.45) is 0. The third kappa shape index (κ3) is 2.82. The Labute approximate surface area is 258 Å². The van der Waals surface area contributed by atoms with E-state index in [4.69, 9.17) is 0 Å². The van der Waals surface area contributed by atoms with Crippen molar-refractivity contribution in [3.05, 3.63) is 139 Å². The molecule has 0 saturated heterocycles. The minimum Gasteiger partial charge on any atom is -0.375 e. The van der Waals surface area contributed by atoms with Crippen LogP contribution < -0.4 is 15.8 Å². The van der Waals surface area contributed by atoms with Gasteiger partial charge in [0.1, 0.15) is 0 Å². The van der Waals surface area contributed by atoms with E-state index in [1.807, 2.05) is 11.3 Å². The van der Waals surface area contributed by atoms with Crippen LogP contribution in [0.1, 0.15) is 0 Å². The maximum Gasteiger partial charge on any atom is 0.333 e. The summed E-state index contributed by atoms with van der Waals surface area (Å²) in [5, 5.41) is 12.8. The number of hydrogen-bond acceptors (Lipinski definition) is 2. The van der Waals surface area contributed by atoms with Crippen LogP contribution in [0.25, 0.3) is 64.6 Å². The molecule has 0 amide bonds. The summed E-state index contributed by atoms with van der Waals surface area (Å²) < 4.78 is 2.66. The summed E-state index contributed by atoms with van der Waals surface area (Å²) in [7, 11) is 0. The maximum atomic E-state index is 2.66. The van der Waals surface area contributed by atoms with Crippen LogP contribution in [-0.2, 0) is 0 Å². The molecule has 2 nitrogen and oxygen atoms in total. The molecule has 11 rings (SSSR count). The number of fused-ring (bicyclic) bond motifs is 11. The first-order valence-electron chi connectivity index (χ1n) is 15.2. The number of nitrogens with zero attached hydrogens (tertiary/aromatic N) is 2. The van der Waals surface area contributed by atoms with Crippen LogP contribution in [0.5, 0.6) is 0 Å². The number of benzene rings is 7. The predicted molar refractivity (Wildman–Crippen MR) is 190 cm³/mol. The zero-order valence-corrected chi connectivity index (χ0v) is 24.5. The summed E-state index contributed by atoms with van der Waals surface area (Å²) in [5.74, 6) is 0. The molecule has 4 heteroatoms. The van der Waals surface area contributed by atoms with Crippen LogP contribution in [0.2, 0.25) is 0 Å². The average Bonchev–Trinajstić information content (AvgIpc) is 3.67. The number of aromatic nitrogens is 1. The molecule has 4 heterocycles. The van der Waals surface area contributed by atoms with E-state index in [0.717, 1.165) is 0 Å². The SMILES string of the molecule is c1ccc2cc(N3c4cc5ccccc5cc4B4c5c3csc5-c3cc5ccccc5c5c6ccccc6n4c35)ccc2c1. The van der Waals surface area contributed by atoms with Crippen LogP contribution in [0.15, 0.2) is 139 Å². The lowest BCUT2D eigenvalue weighted by atomic mass is 9.46. The second kappa shape index (κ2) is 8.19. The van der Waals surface area contributed by atoms with Gasteiger partial charge in [-0.1, -0.05) is 103 Å². The van der Waals surface area contributed by atoms with Crippen molar-refractivity contribution in [3.63, 3.8) is 0 Å². The predicted octanol–water partition coefficient (Wildman–Crippen LogP) is 9.73. The third-order valence-electron chi connectivity index (χ3n) is 9.94. The molecule has 44 heavy (non-hydrogen) atoms. The third-order valence-corrected chi connectivity index (χ3v) is 11.0. The highest BCUT2D eigenvalue weighted by Gasteiger charge is 2.44. The Morgan fingerprint density at radius 2 is 1.23 bits per heavy atom. The van der Waals surface area contributed by atoms with Gasteiger partial charge in [-0.2, -0.15) is 0 Å². The molecule has 9 aromatic rings. The van der Waals surface area contributed by atoms with Gasteiger partial charge in [0.05, 0.1) is 5.69 Å². The Kier molecular flexibility index (Phi) is 4.32. The second-order valence-electron chi connectivity index (χ2n) is 12.1. The number of para-hydroxylation sites is 1.